The highest BCUT2D eigenvalue weighted by Gasteiger charge is 2.23. The Morgan fingerprint density at radius 3 is 2.14 bits per heavy atom. The average Bonchev–Trinajstić information content (AvgIpc) is 3.23. The van der Waals surface area contributed by atoms with E-state index < -0.39 is 17.9 Å². The number of hydrogen-bond acceptors (Lipinski definition) is 7. The lowest BCUT2D eigenvalue weighted by atomic mass is 10.1. The van der Waals surface area contributed by atoms with Crippen molar-refractivity contribution < 1.29 is 33.3 Å². The van der Waals surface area contributed by atoms with E-state index in [0.717, 1.165) is 25.7 Å². The Morgan fingerprint density at radius 2 is 1.62 bits per heavy atom. The van der Waals surface area contributed by atoms with Gasteiger partial charge in [-0.15, -0.1) is 0 Å². The third-order valence-corrected chi connectivity index (χ3v) is 4.69. The molecular weight excluding hydrogens is 380 g/mol. The summed E-state index contributed by atoms with van der Waals surface area (Å²) in [4.78, 5) is 36.5. The van der Waals surface area contributed by atoms with Crippen molar-refractivity contribution in [3.05, 3.63) is 17.7 Å². The van der Waals surface area contributed by atoms with Crippen LogP contribution in [0.5, 0.6) is 17.2 Å². The van der Waals surface area contributed by atoms with Crippen LogP contribution in [0.15, 0.2) is 12.1 Å². The Bertz CT molecular complexity index is 719. The van der Waals surface area contributed by atoms with E-state index in [1.807, 2.05) is 0 Å². The van der Waals surface area contributed by atoms with Gasteiger partial charge in [-0.05, 0) is 31.9 Å². The molecule has 0 bridgehead atoms. The summed E-state index contributed by atoms with van der Waals surface area (Å²) in [5.41, 5.74) is 0.220. The van der Waals surface area contributed by atoms with Crippen LogP contribution in [-0.4, -0.2) is 57.8 Å². The van der Waals surface area contributed by atoms with Gasteiger partial charge < -0.3 is 29.6 Å². The SMILES string of the molecule is COc1cc(C(=O)N[C@@H](C)C(=O)OCC(=O)NC2CCCC2)cc(OC)c1OC. The van der Waals surface area contributed by atoms with Gasteiger partial charge in [-0.3, -0.25) is 9.59 Å². The van der Waals surface area contributed by atoms with Crippen LogP contribution in [0.2, 0.25) is 0 Å². The fraction of sp³-hybridized carbons (Fsp3) is 0.550. The first-order valence-electron chi connectivity index (χ1n) is 9.46. The maximum atomic E-state index is 12.5. The van der Waals surface area contributed by atoms with Gasteiger partial charge in [0.1, 0.15) is 6.04 Å². The van der Waals surface area contributed by atoms with Gasteiger partial charge in [0.2, 0.25) is 5.75 Å². The van der Waals surface area contributed by atoms with Gasteiger partial charge in [0, 0.05) is 11.6 Å². The summed E-state index contributed by atoms with van der Waals surface area (Å²) in [5.74, 6) is -0.580. The lowest BCUT2D eigenvalue weighted by Gasteiger charge is -2.16. The van der Waals surface area contributed by atoms with Crippen LogP contribution in [0.25, 0.3) is 0 Å². The number of esters is 1. The van der Waals surface area contributed by atoms with Crippen LogP contribution in [0.3, 0.4) is 0 Å². The number of carbonyl (C=O) groups excluding carboxylic acids is 3. The van der Waals surface area contributed by atoms with Crippen molar-refractivity contribution in [2.45, 2.75) is 44.7 Å². The fourth-order valence-corrected chi connectivity index (χ4v) is 3.15. The summed E-state index contributed by atoms with van der Waals surface area (Å²) >= 11 is 0. The number of carbonyl (C=O) groups is 3. The van der Waals surface area contributed by atoms with Crippen molar-refractivity contribution in [3.8, 4) is 17.2 Å². The van der Waals surface area contributed by atoms with Gasteiger partial charge in [-0.1, -0.05) is 12.8 Å². The van der Waals surface area contributed by atoms with Crippen molar-refractivity contribution >= 4 is 17.8 Å². The zero-order chi connectivity index (χ0) is 21.4. The molecule has 160 valence electrons. The molecule has 1 aliphatic rings. The van der Waals surface area contributed by atoms with E-state index in [9.17, 15) is 14.4 Å². The second kappa shape index (κ2) is 10.5. The van der Waals surface area contributed by atoms with E-state index in [4.69, 9.17) is 18.9 Å². The van der Waals surface area contributed by atoms with Crippen molar-refractivity contribution in [2.75, 3.05) is 27.9 Å². The van der Waals surface area contributed by atoms with E-state index >= 15 is 0 Å². The van der Waals surface area contributed by atoms with Crippen molar-refractivity contribution in [3.63, 3.8) is 0 Å². The minimum atomic E-state index is -0.944. The van der Waals surface area contributed by atoms with Crippen molar-refractivity contribution in [2.24, 2.45) is 0 Å². The predicted molar refractivity (Wildman–Crippen MR) is 104 cm³/mol. The Labute approximate surface area is 170 Å². The second-order valence-corrected chi connectivity index (χ2v) is 6.77. The van der Waals surface area contributed by atoms with Crippen LogP contribution < -0.4 is 24.8 Å². The Morgan fingerprint density at radius 1 is 1.03 bits per heavy atom. The molecule has 9 nitrogen and oxygen atoms in total. The third kappa shape index (κ3) is 6.00. The second-order valence-electron chi connectivity index (χ2n) is 6.77. The van der Waals surface area contributed by atoms with Gasteiger partial charge in [0.15, 0.2) is 18.1 Å². The smallest absolute Gasteiger partial charge is 0.328 e. The fourth-order valence-electron chi connectivity index (χ4n) is 3.15. The van der Waals surface area contributed by atoms with Crippen LogP contribution in [-0.2, 0) is 14.3 Å². The quantitative estimate of drug-likeness (QED) is 0.595. The minimum Gasteiger partial charge on any atom is -0.493 e. The number of nitrogens with one attached hydrogen (secondary N) is 2. The summed E-state index contributed by atoms with van der Waals surface area (Å²) in [6.07, 6.45) is 4.07. The molecular formula is C20H28N2O7. The highest BCUT2D eigenvalue weighted by molar-refractivity contribution is 5.98. The van der Waals surface area contributed by atoms with E-state index in [1.54, 1.807) is 0 Å². The predicted octanol–water partition coefficient (Wildman–Crippen LogP) is 1.43. The molecule has 29 heavy (non-hydrogen) atoms. The molecule has 0 radical (unpaired) electrons. The maximum Gasteiger partial charge on any atom is 0.328 e. The average molecular weight is 408 g/mol. The molecule has 9 heteroatoms. The van der Waals surface area contributed by atoms with Gasteiger partial charge in [-0.25, -0.2) is 4.79 Å². The molecule has 2 N–H and O–H groups in total. The highest BCUT2D eigenvalue weighted by atomic mass is 16.5. The summed E-state index contributed by atoms with van der Waals surface area (Å²) in [6, 6.07) is 2.16. The zero-order valence-corrected chi connectivity index (χ0v) is 17.2. The van der Waals surface area contributed by atoms with Gasteiger partial charge in [0.05, 0.1) is 21.3 Å². The number of ether oxygens (including phenoxy) is 4. The molecule has 1 aliphatic carbocycles. The van der Waals surface area contributed by atoms with Crippen molar-refractivity contribution in [1.82, 2.24) is 10.6 Å². The molecule has 1 aromatic rings. The Balaban J connectivity index is 1.91. The Kier molecular flexibility index (Phi) is 8.11. The maximum absolute atomic E-state index is 12.5. The molecule has 0 spiro atoms. The van der Waals surface area contributed by atoms with Crippen molar-refractivity contribution in [1.29, 1.82) is 0 Å². The highest BCUT2D eigenvalue weighted by Crippen LogP contribution is 2.38. The molecule has 0 aliphatic heterocycles. The molecule has 1 saturated carbocycles. The molecule has 1 fully saturated rings. The molecule has 1 atom stereocenters. The molecule has 1 aromatic carbocycles. The van der Waals surface area contributed by atoms with E-state index in [-0.39, 0.29) is 24.1 Å². The number of rotatable bonds is 9. The number of hydrogen-bond donors (Lipinski definition) is 2. The monoisotopic (exact) mass is 408 g/mol. The van der Waals surface area contributed by atoms with E-state index in [1.165, 1.54) is 40.4 Å². The van der Waals surface area contributed by atoms with Gasteiger partial charge >= 0.3 is 5.97 Å². The first-order chi connectivity index (χ1) is 13.9. The van der Waals surface area contributed by atoms with Crippen LogP contribution in [0.1, 0.15) is 43.0 Å². The molecule has 0 unspecified atom stereocenters. The first kappa shape index (κ1) is 22.3. The topological polar surface area (TPSA) is 112 Å². The zero-order valence-electron chi connectivity index (χ0n) is 17.2. The summed E-state index contributed by atoms with van der Waals surface area (Å²) in [5, 5.41) is 5.37. The summed E-state index contributed by atoms with van der Waals surface area (Å²) < 4.78 is 20.7. The van der Waals surface area contributed by atoms with Crippen LogP contribution >= 0.6 is 0 Å². The number of amides is 2. The molecule has 0 heterocycles. The molecule has 0 saturated heterocycles. The van der Waals surface area contributed by atoms with Crippen LogP contribution in [0.4, 0.5) is 0 Å². The largest absolute Gasteiger partial charge is 0.493 e. The van der Waals surface area contributed by atoms with E-state index in [0.29, 0.717) is 17.2 Å². The standard InChI is InChI=1S/C20H28N2O7/c1-12(20(25)29-11-17(23)22-14-7-5-6-8-14)21-19(24)13-9-15(26-2)18(28-4)16(10-13)27-3/h9-10,12,14H,5-8,11H2,1-4H3,(H,21,24)(H,22,23)/t12-/m0/s1. The minimum absolute atomic E-state index is 0.151. The summed E-state index contributed by atoms with van der Waals surface area (Å²) in [7, 11) is 4.34. The van der Waals surface area contributed by atoms with Crippen LogP contribution in [0, 0.1) is 0 Å². The third-order valence-electron chi connectivity index (χ3n) is 4.69. The van der Waals surface area contributed by atoms with Gasteiger partial charge in [-0.2, -0.15) is 0 Å². The lowest BCUT2D eigenvalue weighted by Crippen LogP contribution is -2.42. The number of methoxy groups -OCH3 is 3. The number of benzene rings is 1. The normalized spacial score (nSPS) is 14.6. The molecule has 0 aromatic heterocycles. The van der Waals surface area contributed by atoms with Gasteiger partial charge in [0.25, 0.3) is 11.8 Å². The van der Waals surface area contributed by atoms with E-state index in [2.05, 4.69) is 10.6 Å². The Hall–Kier alpha value is -2.97. The lowest BCUT2D eigenvalue weighted by molar-refractivity contribution is -0.150. The first-order valence-corrected chi connectivity index (χ1v) is 9.46. The summed E-state index contributed by atoms with van der Waals surface area (Å²) in [6.45, 7) is 1.10. The molecule has 2 rings (SSSR count). The molecule has 2 amide bonds.